The largest absolute Gasteiger partial charge is 0.372 e. The van der Waals surface area contributed by atoms with Crippen LogP contribution in [0.15, 0.2) is 18.2 Å². The number of anilines is 1. The fraction of sp³-hybridized carbons (Fsp3) is 0.600. The van der Waals surface area contributed by atoms with E-state index in [9.17, 15) is 4.39 Å². The van der Waals surface area contributed by atoms with E-state index in [4.69, 9.17) is 5.73 Å². The van der Waals surface area contributed by atoms with Crippen molar-refractivity contribution in [1.29, 1.82) is 0 Å². The van der Waals surface area contributed by atoms with Crippen LogP contribution >= 0.6 is 0 Å². The predicted molar refractivity (Wildman–Crippen MR) is 77.9 cm³/mol. The van der Waals surface area contributed by atoms with Crippen molar-refractivity contribution in [2.45, 2.75) is 19.4 Å². The van der Waals surface area contributed by atoms with Crippen LogP contribution in [-0.4, -0.2) is 38.6 Å². The van der Waals surface area contributed by atoms with Crippen molar-refractivity contribution in [3.05, 3.63) is 29.6 Å². The van der Waals surface area contributed by atoms with Crippen LogP contribution in [0.3, 0.4) is 0 Å². The first-order valence-electron chi connectivity index (χ1n) is 6.92. The molecule has 1 fully saturated rings. The van der Waals surface area contributed by atoms with E-state index >= 15 is 0 Å². The van der Waals surface area contributed by atoms with Gasteiger partial charge >= 0.3 is 0 Å². The third-order valence-corrected chi connectivity index (χ3v) is 3.93. The van der Waals surface area contributed by atoms with E-state index in [1.54, 1.807) is 6.07 Å². The monoisotopic (exact) mass is 265 g/mol. The molecule has 0 radical (unpaired) electrons. The molecule has 1 aliphatic rings. The lowest BCUT2D eigenvalue weighted by molar-refractivity contribution is 0.395. The molecular weight excluding hydrogens is 241 g/mol. The molecule has 106 valence electrons. The maximum Gasteiger partial charge on any atom is 0.146 e. The van der Waals surface area contributed by atoms with Crippen LogP contribution in [0.25, 0.3) is 0 Å². The third-order valence-electron chi connectivity index (χ3n) is 3.93. The minimum atomic E-state index is -0.177. The molecular formula is C15H24FN3. The van der Waals surface area contributed by atoms with Gasteiger partial charge in [-0.3, -0.25) is 0 Å². The molecule has 3 nitrogen and oxygen atoms in total. The second kappa shape index (κ2) is 5.88. The van der Waals surface area contributed by atoms with E-state index < -0.39 is 0 Å². The molecule has 2 atom stereocenters. The predicted octanol–water partition coefficient (Wildman–Crippen LogP) is 2.23. The van der Waals surface area contributed by atoms with Crippen molar-refractivity contribution < 1.29 is 4.39 Å². The number of likely N-dealkylation sites (tertiary alicyclic amines) is 1. The van der Waals surface area contributed by atoms with E-state index in [1.807, 2.05) is 31.0 Å². The Labute approximate surface area is 115 Å². The molecule has 1 aromatic rings. The summed E-state index contributed by atoms with van der Waals surface area (Å²) in [7, 11) is 4.10. The highest BCUT2D eigenvalue weighted by atomic mass is 19.1. The Bertz CT molecular complexity index is 433. The van der Waals surface area contributed by atoms with Gasteiger partial charge in [0.15, 0.2) is 0 Å². The summed E-state index contributed by atoms with van der Waals surface area (Å²) in [6, 6.07) is 5.18. The summed E-state index contributed by atoms with van der Waals surface area (Å²) in [6.07, 6.45) is 1.19. The number of nitrogens with zero attached hydrogens (tertiary/aromatic N) is 2. The van der Waals surface area contributed by atoms with Crippen LogP contribution in [0.4, 0.5) is 10.1 Å². The van der Waals surface area contributed by atoms with Gasteiger partial charge in [0.05, 0.1) is 5.69 Å². The van der Waals surface area contributed by atoms with Crippen molar-refractivity contribution in [1.82, 2.24) is 4.90 Å². The summed E-state index contributed by atoms with van der Waals surface area (Å²) in [5.74, 6) is 0.450. The summed E-state index contributed by atoms with van der Waals surface area (Å²) in [6.45, 7) is 5.01. The fourth-order valence-electron chi connectivity index (χ4n) is 2.78. The van der Waals surface area contributed by atoms with Gasteiger partial charge in [-0.25, -0.2) is 4.39 Å². The van der Waals surface area contributed by atoms with Gasteiger partial charge in [-0.2, -0.15) is 0 Å². The SMILES string of the molecule is CC(N)c1ccc(N(C)CC2CCN(C)C2)c(F)c1. The zero-order chi connectivity index (χ0) is 14.0. The second-order valence-corrected chi connectivity index (χ2v) is 5.80. The minimum absolute atomic E-state index is 0.127. The molecule has 0 saturated carbocycles. The Balaban J connectivity index is 2.04. The molecule has 0 aliphatic carbocycles. The number of hydrogen-bond donors (Lipinski definition) is 1. The van der Waals surface area contributed by atoms with E-state index in [-0.39, 0.29) is 11.9 Å². The van der Waals surface area contributed by atoms with Crippen LogP contribution in [0.2, 0.25) is 0 Å². The smallest absolute Gasteiger partial charge is 0.146 e. The molecule has 0 bridgehead atoms. The van der Waals surface area contributed by atoms with Crippen LogP contribution in [0.1, 0.15) is 24.9 Å². The minimum Gasteiger partial charge on any atom is -0.372 e. The highest BCUT2D eigenvalue weighted by Crippen LogP contribution is 2.24. The molecule has 4 heteroatoms. The Morgan fingerprint density at radius 3 is 2.79 bits per heavy atom. The number of nitrogens with two attached hydrogens (primary N) is 1. The molecule has 1 aromatic carbocycles. The van der Waals surface area contributed by atoms with Crippen LogP contribution < -0.4 is 10.6 Å². The van der Waals surface area contributed by atoms with Crippen LogP contribution in [-0.2, 0) is 0 Å². The Kier molecular flexibility index (Phi) is 4.42. The summed E-state index contributed by atoms with van der Waals surface area (Å²) in [4.78, 5) is 4.35. The fourth-order valence-corrected chi connectivity index (χ4v) is 2.78. The van der Waals surface area contributed by atoms with Crippen LogP contribution in [0, 0.1) is 11.7 Å². The quantitative estimate of drug-likeness (QED) is 0.906. The highest BCUT2D eigenvalue weighted by Gasteiger charge is 2.21. The van der Waals surface area contributed by atoms with Gasteiger partial charge in [-0.1, -0.05) is 6.07 Å². The molecule has 1 saturated heterocycles. The van der Waals surface area contributed by atoms with Crippen LogP contribution in [0.5, 0.6) is 0 Å². The first-order chi connectivity index (χ1) is 8.97. The first-order valence-corrected chi connectivity index (χ1v) is 6.92. The van der Waals surface area contributed by atoms with Gasteiger partial charge in [0.2, 0.25) is 0 Å². The average molecular weight is 265 g/mol. The normalized spacial score (nSPS) is 21.6. The Morgan fingerprint density at radius 1 is 1.53 bits per heavy atom. The number of halogens is 1. The molecule has 0 amide bonds. The highest BCUT2D eigenvalue weighted by molar-refractivity contribution is 5.49. The number of hydrogen-bond acceptors (Lipinski definition) is 3. The third kappa shape index (κ3) is 3.45. The van der Waals surface area contributed by atoms with E-state index in [0.717, 1.165) is 25.2 Å². The Hall–Kier alpha value is -1.13. The van der Waals surface area contributed by atoms with Gasteiger partial charge < -0.3 is 15.5 Å². The van der Waals surface area contributed by atoms with Crippen molar-refractivity contribution in [2.24, 2.45) is 11.7 Å². The van der Waals surface area contributed by atoms with Gasteiger partial charge in [-0.05, 0) is 50.6 Å². The van der Waals surface area contributed by atoms with Crippen molar-refractivity contribution >= 4 is 5.69 Å². The molecule has 1 aliphatic heterocycles. The maximum atomic E-state index is 14.1. The topological polar surface area (TPSA) is 32.5 Å². The van der Waals surface area contributed by atoms with E-state index in [1.165, 1.54) is 6.42 Å². The second-order valence-electron chi connectivity index (χ2n) is 5.80. The average Bonchev–Trinajstić information content (AvgIpc) is 2.74. The van der Waals surface area contributed by atoms with Gasteiger partial charge in [0, 0.05) is 26.2 Å². The summed E-state index contributed by atoms with van der Waals surface area (Å²) in [5, 5.41) is 0. The lowest BCUT2D eigenvalue weighted by atomic mass is 10.1. The van der Waals surface area contributed by atoms with Gasteiger partial charge in [0.25, 0.3) is 0 Å². The van der Waals surface area contributed by atoms with Gasteiger partial charge in [0.1, 0.15) is 5.82 Å². The zero-order valence-electron chi connectivity index (χ0n) is 12.1. The Morgan fingerprint density at radius 2 is 2.26 bits per heavy atom. The lowest BCUT2D eigenvalue weighted by Gasteiger charge is -2.24. The van der Waals surface area contributed by atoms with Crippen molar-refractivity contribution in [3.8, 4) is 0 Å². The summed E-state index contributed by atoms with van der Waals surface area (Å²) in [5.41, 5.74) is 7.28. The summed E-state index contributed by atoms with van der Waals surface area (Å²) >= 11 is 0. The van der Waals surface area contributed by atoms with Gasteiger partial charge in [-0.15, -0.1) is 0 Å². The molecule has 2 rings (SSSR count). The molecule has 19 heavy (non-hydrogen) atoms. The van der Waals surface area contributed by atoms with Crippen molar-refractivity contribution in [3.63, 3.8) is 0 Å². The molecule has 2 unspecified atom stereocenters. The maximum absolute atomic E-state index is 14.1. The number of benzene rings is 1. The first kappa shape index (κ1) is 14.3. The molecule has 0 spiro atoms. The summed E-state index contributed by atoms with van der Waals surface area (Å²) < 4.78 is 14.1. The van der Waals surface area contributed by atoms with Crippen molar-refractivity contribution in [2.75, 3.05) is 38.6 Å². The standard InChI is InChI=1S/C15H24FN3/c1-11(17)13-4-5-15(14(16)8-13)19(3)10-12-6-7-18(2)9-12/h4-5,8,11-12H,6-7,9-10,17H2,1-3H3. The zero-order valence-corrected chi connectivity index (χ0v) is 12.1. The van der Waals surface area contributed by atoms with E-state index in [2.05, 4.69) is 11.9 Å². The molecule has 2 N–H and O–H groups in total. The number of rotatable bonds is 4. The lowest BCUT2D eigenvalue weighted by Crippen LogP contribution is -2.28. The molecule has 0 aromatic heterocycles. The molecule has 1 heterocycles. The van der Waals surface area contributed by atoms with E-state index in [0.29, 0.717) is 11.6 Å².